The number of carbonyl (C=O) groups excluding carboxylic acids is 1. The molecule has 1 heterocycles. The zero-order valence-corrected chi connectivity index (χ0v) is 15.0. The van der Waals surface area contributed by atoms with Crippen LogP contribution in [0.4, 0.5) is 0 Å². The number of hydrogen-bond donors (Lipinski definition) is 1. The number of amides is 1. The van der Waals surface area contributed by atoms with Crippen molar-refractivity contribution in [2.75, 3.05) is 0 Å². The number of hydrogen-bond acceptors (Lipinski definition) is 4. The first-order valence-corrected chi connectivity index (χ1v) is 9.07. The quantitative estimate of drug-likeness (QED) is 0.675. The first-order chi connectivity index (χ1) is 12.2. The van der Waals surface area contributed by atoms with Crippen LogP contribution in [-0.2, 0) is 24.4 Å². The Kier molecular flexibility index (Phi) is 6.04. The zero-order chi connectivity index (χ0) is 17.5. The van der Waals surface area contributed by atoms with Crippen molar-refractivity contribution in [1.82, 2.24) is 10.3 Å². The molecule has 0 saturated heterocycles. The van der Waals surface area contributed by atoms with E-state index in [1.165, 1.54) is 11.3 Å². The van der Waals surface area contributed by atoms with E-state index >= 15 is 0 Å². The average Bonchev–Trinajstić information content (AvgIpc) is 3.08. The van der Waals surface area contributed by atoms with Gasteiger partial charge in [-0.15, -0.1) is 11.3 Å². The third kappa shape index (κ3) is 5.59. The molecule has 1 aromatic heterocycles. The maximum absolute atomic E-state index is 12.0. The molecule has 0 spiro atoms. The fraction of sp³-hybridized carbons (Fsp3) is 0.158. The largest absolute Gasteiger partial charge is 0.486 e. The molecule has 0 radical (unpaired) electrons. The Bertz CT molecular complexity index is 819. The fourth-order valence-corrected chi connectivity index (χ4v) is 3.03. The third-order valence-corrected chi connectivity index (χ3v) is 4.57. The van der Waals surface area contributed by atoms with Crippen molar-refractivity contribution < 1.29 is 9.53 Å². The molecule has 2 aromatic carbocycles. The second-order valence-electron chi connectivity index (χ2n) is 5.41. The minimum absolute atomic E-state index is 0.0423. The third-order valence-electron chi connectivity index (χ3n) is 3.45. The normalized spacial score (nSPS) is 10.4. The standard InChI is InChI=1S/C19H17ClN2O2S/c20-15-6-8-17(9-7-15)24-12-19-22-16(13-25-19)10-18(23)21-11-14-4-2-1-3-5-14/h1-9,13H,10-12H2,(H,21,23). The summed E-state index contributed by atoms with van der Waals surface area (Å²) in [5.41, 5.74) is 1.83. The molecule has 4 nitrogen and oxygen atoms in total. The lowest BCUT2D eigenvalue weighted by atomic mass is 10.2. The van der Waals surface area contributed by atoms with Crippen LogP contribution in [0.2, 0.25) is 5.02 Å². The minimum atomic E-state index is -0.0423. The van der Waals surface area contributed by atoms with Gasteiger partial charge >= 0.3 is 0 Å². The zero-order valence-electron chi connectivity index (χ0n) is 13.4. The van der Waals surface area contributed by atoms with Gasteiger partial charge < -0.3 is 10.1 Å². The Morgan fingerprint density at radius 3 is 2.64 bits per heavy atom. The van der Waals surface area contributed by atoms with E-state index < -0.39 is 0 Å². The highest BCUT2D eigenvalue weighted by atomic mass is 35.5. The number of rotatable bonds is 7. The van der Waals surface area contributed by atoms with Crippen LogP contribution in [-0.4, -0.2) is 10.9 Å². The molecule has 0 aliphatic rings. The maximum atomic E-state index is 12.0. The molecule has 0 atom stereocenters. The predicted octanol–water partition coefficient (Wildman–Crippen LogP) is 4.23. The lowest BCUT2D eigenvalue weighted by molar-refractivity contribution is -0.120. The molecule has 0 saturated carbocycles. The van der Waals surface area contributed by atoms with Gasteiger partial charge in [0.05, 0.1) is 12.1 Å². The molecule has 6 heteroatoms. The van der Waals surface area contributed by atoms with Gasteiger partial charge in [-0.3, -0.25) is 4.79 Å². The molecule has 0 unspecified atom stereocenters. The van der Waals surface area contributed by atoms with E-state index in [2.05, 4.69) is 10.3 Å². The number of halogens is 1. The van der Waals surface area contributed by atoms with Crippen LogP contribution in [0.25, 0.3) is 0 Å². The van der Waals surface area contributed by atoms with Crippen molar-refractivity contribution >= 4 is 28.8 Å². The van der Waals surface area contributed by atoms with Gasteiger partial charge in [0.25, 0.3) is 0 Å². The summed E-state index contributed by atoms with van der Waals surface area (Å²) >= 11 is 7.33. The van der Waals surface area contributed by atoms with Gasteiger partial charge in [0.15, 0.2) is 0 Å². The molecule has 1 N–H and O–H groups in total. The topological polar surface area (TPSA) is 51.2 Å². The first-order valence-electron chi connectivity index (χ1n) is 7.81. The van der Waals surface area contributed by atoms with Crippen LogP contribution in [0.5, 0.6) is 5.75 Å². The van der Waals surface area contributed by atoms with Gasteiger partial charge in [-0.25, -0.2) is 4.98 Å². The van der Waals surface area contributed by atoms with Gasteiger partial charge in [0, 0.05) is 16.9 Å². The van der Waals surface area contributed by atoms with Crippen LogP contribution in [0, 0.1) is 0 Å². The van der Waals surface area contributed by atoms with Crippen LogP contribution in [0.1, 0.15) is 16.3 Å². The minimum Gasteiger partial charge on any atom is -0.486 e. The summed E-state index contributed by atoms with van der Waals surface area (Å²) in [6.45, 7) is 0.897. The Morgan fingerprint density at radius 2 is 1.88 bits per heavy atom. The van der Waals surface area contributed by atoms with Crippen molar-refractivity contribution in [2.45, 2.75) is 19.6 Å². The van der Waals surface area contributed by atoms with Crippen LogP contribution >= 0.6 is 22.9 Å². The van der Waals surface area contributed by atoms with Crippen molar-refractivity contribution in [3.63, 3.8) is 0 Å². The summed E-state index contributed by atoms with van der Waals surface area (Å²) in [6, 6.07) is 17.0. The van der Waals surface area contributed by atoms with E-state index in [-0.39, 0.29) is 12.3 Å². The van der Waals surface area contributed by atoms with E-state index in [0.29, 0.717) is 18.2 Å². The van der Waals surface area contributed by atoms with Gasteiger partial charge in [0.2, 0.25) is 5.91 Å². The monoisotopic (exact) mass is 372 g/mol. The molecular formula is C19H17ClN2O2S. The van der Waals surface area contributed by atoms with Crippen molar-refractivity contribution in [1.29, 1.82) is 0 Å². The van der Waals surface area contributed by atoms with Crippen molar-refractivity contribution in [3.8, 4) is 5.75 Å². The summed E-state index contributed by atoms with van der Waals surface area (Å²) in [4.78, 5) is 16.5. The Morgan fingerprint density at radius 1 is 1.12 bits per heavy atom. The second kappa shape index (κ2) is 8.65. The SMILES string of the molecule is O=C(Cc1csc(COc2ccc(Cl)cc2)n1)NCc1ccccc1. The van der Waals surface area contributed by atoms with E-state index in [0.717, 1.165) is 22.0 Å². The van der Waals surface area contributed by atoms with Crippen molar-refractivity contribution in [2.24, 2.45) is 0 Å². The van der Waals surface area contributed by atoms with Crippen LogP contribution in [0.15, 0.2) is 60.0 Å². The highest BCUT2D eigenvalue weighted by Crippen LogP contribution is 2.18. The molecule has 3 rings (SSSR count). The summed E-state index contributed by atoms with van der Waals surface area (Å²) in [6.07, 6.45) is 0.268. The highest BCUT2D eigenvalue weighted by Gasteiger charge is 2.08. The van der Waals surface area contributed by atoms with E-state index in [1.54, 1.807) is 12.1 Å². The van der Waals surface area contributed by atoms with Crippen LogP contribution < -0.4 is 10.1 Å². The average molecular weight is 373 g/mol. The van der Waals surface area contributed by atoms with E-state index in [1.807, 2.05) is 47.8 Å². The Balaban J connectivity index is 1.46. The van der Waals surface area contributed by atoms with Crippen molar-refractivity contribution in [3.05, 3.63) is 81.3 Å². The Hall–Kier alpha value is -2.37. The summed E-state index contributed by atoms with van der Waals surface area (Å²) < 4.78 is 5.66. The molecule has 128 valence electrons. The second-order valence-corrected chi connectivity index (χ2v) is 6.79. The van der Waals surface area contributed by atoms with Crippen LogP contribution in [0.3, 0.4) is 0 Å². The van der Waals surface area contributed by atoms with Gasteiger partial charge in [-0.1, -0.05) is 41.9 Å². The highest BCUT2D eigenvalue weighted by molar-refractivity contribution is 7.09. The summed E-state index contributed by atoms with van der Waals surface area (Å²) in [5.74, 6) is 0.695. The molecule has 0 fully saturated rings. The molecular weight excluding hydrogens is 356 g/mol. The number of nitrogens with one attached hydrogen (secondary N) is 1. The lowest BCUT2D eigenvalue weighted by Gasteiger charge is -2.04. The number of aromatic nitrogens is 1. The molecule has 1 amide bonds. The van der Waals surface area contributed by atoms with E-state index in [4.69, 9.17) is 16.3 Å². The lowest BCUT2D eigenvalue weighted by Crippen LogP contribution is -2.24. The fourth-order valence-electron chi connectivity index (χ4n) is 2.20. The summed E-state index contributed by atoms with van der Waals surface area (Å²) in [7, 11) is 0. The van der Waals surface area contributed by atoms with Gasteiger partial charge in [-0.2, -0.15) is 0 Å². The predicted molar refractivity (Wildman–Crippen MR) is 99.9 cm³/mol. The number of ether oxygens (including phenoxy) is 1. The molecule has 3 aromatic rings. The first kappa shape index (κ1) is 17.5. The molecule has 25 heavy (non-hydrogen) atoms. The molecule has 0 bridgehead atoms. The smallest absolute Gasteiger partial charge is 0.226 e. The maximum Gasteiger partial charge on any atom is 0.226 e. The number of carbonyl (C=O) groups is 1. The summed E-state index contributed by atoms with van der Waals surface area (Å²) in [5, 5.41) is 6.30. The molecule has 0 aliphatic heterocycles. The van der Waals surface area contributed by atoms with Gasteiger partial charge in [-0.05, 0) is 29.8 Å². The van der Waals surface area contributed by atoms with E-state index in [9.17, 15) is 4.79 Å². The Labute approximate surface area is 155 Å². The number of nitrogens with zero attached hydrogens (tertiary/aromatic N) is 1. The number of thiazole rings is 1. The number of benzene rings is 2. The van der Waals surface area contributed by atoms with Gasteiger partial charge in [0.1, 0.15) is 17.4 Å². The molecule has 0 aliphatic carbocycles.